The summed E-state index contributed by atoms with van der Waals surface area (Å²) in [5, 5.41) is 15.7. The van der Waals surface area contributed by atoms with Crippen LogP contribution in [0.3, 0.4) is 0 Å². The van der Waals surface area contributed by atoms with Crippen molar-refractivity contribution in [2.75, 3.05) is 0 Å². The van der Waals surface area contributed by atoms with E-state index in [0.717, 1.165) is 0 Å². The van der Waals surface area contributed by atoms with Gasteiger partial charge in [-0.25, -0.2) is 0 Å². The Morgan fingerprint density at radius 2 is 2.57 bits per heavy atom. The maximum atomic E-state index is 11.3. The van der Waals surface area contributed by atoms with Crippen LogP contribution >= 0.6 is 0 Å². The van der Waals surface area contributed by atoms with Gasteiger partial charge in [0.2, 0.25) is 0 Å². The van der Waals surface area contributed by atoms with Crippen LogP contribution in [0, 0.1) is 0 Å². The second kappa shape index (κ2) is 3.69. The van der Waals surface area contributed by atoms with Crippen molar-refractivity contribution < 1.29 is 9.32 Å². The van der Waals surface area contributed by atoms with Crippen LogP contribution in [0.15, 0.2) is 23.0 Å². The first kappa shape index (κ1) is 8.42. The third-order valence-electron chi connectivity index (χ3n) is 1.57. The summed E-state index contributed by atoms with van der Waals surface area (Å²) in [6.07, 6.45) is 2.79. The molecular weight excluding hydrogens is 186 g/mol. The number of H-pyrrole nitrogens is 1. The maximum absolute atomic E-state index is 11.3. The number of nitrogens with one attached hydrogen (secondary N) is 2. The largest absolute Gasteiger partial charge is 0.364 e. The molecule has 0 atom stereocenters. The predicted molar refractivity (Wildman–Crippen MR) is 44.1 cm³/mol. The lowest BCUT2D eigenvalue weighted by Gasteiger charge is -1.97. The van der Waals surface area contributed by atoms with Gasteiger partial charge in [0.1, 0.15) is 12.0 Å². The third kappa shape index (κ3) is 1.76. The van der Waals surface area contributed by atoms with E-state index in [2.05, 4.69) is 30.4 Å². The van der Waals surface area contributed by atoms with Gasteiger partial charge in [0.15, 0.2) is 5.69 Å². The van der Waals surface area contributed by atoms with Gasteiger partial charge >= 0.3 is 0 Å². The van der Waals surface area contributed by atoms with Crippen molar-refractivity contribution in [3.8, 4) is 0 Å². The molecule has 1 amide bonds. The molecule has 0 bridgehead atoms. The Morgan fingerprint density at radius 1 is 1.64 bits per heavy atom. The summed E-state index contributed by atoms with van der Waals surface area (Å²) >= 11 is 0. The Hall–Kier alpha value is -2.18. The van der Waals surface area contributed by atoms with Crippen molar-refractivity contribution in [3.63, 3.8) is 0 Å². The van der Waals surface area contributed by atoms with Crippen LogP contribution in [0.5, 0.6) is 0 Å². The molecule has 72 valence electrons. The first-order chi connectivity index (χ1) is 6.86. The first-order valence-electron chi connectivity index (χ1n) is 3.89. The molecule has 0 spiro atoms. The van der Waals surface area contributed by atoms with Gasteiger partial charge < -0.3 is 9.84 Å². The average Bonchev–Trinajstić information content (AvgIpc) is 2.87. The number of hydrogen-bond acceptors (Lipinski definition) is 5. The molecule has 2 aromatic rings. The second-order valence-electron chi connectivity index (χ2n) is 2.53. The minimum absolute atomic E-state index is 0.244. The lowest BCUT2D eigenvalue weighted by Crippen LogP contribution is -2.23. The van der Waals surface area contributed by atoms with Gasteiger partial charge in [-0.05, 0) is 0 Å². The zero-order chi connectivity index (χ0) is 9.80. The first-order valence-corrected chi connectivity index (χ1v) is 3.89. The Morgan fingerprint density at radius 3 is 3.21 bits per heavy atom. The smallest absolute Gasteiger partial charge is 0.273 e. The molecular formula is C7H7N5O2. The molecule has 0 aromatic carbocycles. The van der Waals surface area contributed by atoms with Gasteiger partial charge in [0.05, 0.1) is 12.7 Å². The standard InChI is InChI=1S/C7H7N5O2/c13-7(6-4-9-12-10-6)8-3-5-1-2-14-11-5/h1-2,4H,3H2,(H,8,13)(H,9,10,12). The molecule has 7 nitrogen and oxygen atoms in total. The van der Waals surface area contributed by atoms with E-state index in [1.165, 1.54) is 12.5 Å². The Kier molecular flexibility index (Phi) is 2.22. The highest BCUT2D eigenvalue weighted by atomic mass is 16.5. The highest BCUT2D eigenvalue weighted by Gasteiger charge is 2.08. The van der Waals surface area contributed by atoms with Crippen molar-refractivity contribution in [1.82, 2.24) is 25.9 Å². The summed E-state index contributed by atoms with van der Waals surface area (Å²) < 4.78 is 4.60. The third-order valence-corrected chi connectivity index (χ3v) is 1.57. The number of hydrogen-bond donors (Lipinski definition) is 2. The monoisotopic (exact) mass is 193 g/mol. The van der Waals surface area contributed by atoms with Crippen molar-refractivity contribution in [1.29, 1.82) is 0 Å². The molecule has 7 heteroatoms. The second-order valence-corrected chi connectivity index (χ2v) is 2.53. The van der Waals surface area contributed by atoms with Gasteiger partial charge in [0, 0.05) is 6.07 Å². The minimum atomic E-state index is -0.304. The van der Waals surface area contributed by atoms with Gasteiger partial charge in [-0.1, -0.05) is 5.16 Å². The fourth-order valence-corrected chi connectivity index (χ4v) is 0.901. The van der Waals surface area contributed by atoms with Crippen LogP contribution in [-0.2, 0) is 6.54 Å². The number of aromatic amines is 1. The zero-order valence-corrected chi connectivity index (χ0v) is 7.10. The summed E-state index contributed by atoms with van der Waals surface area (Å²) in [5.41, 5.74) is 0.898. The molecule has 2 heterocycles. The highest BCUT2D eigenvalue weighted by molar-refractivity contribution is 5.91. The number of carbonyl (C=O) groups excluding carboxylic acids is 1. The molecule has 0 radical (unpaired) electrons. The fraction of sp³-hybridized carbons (Fsp3) is 0.143. The molecule has 0 aliphatic carbocycles. The van der Waals surface area contributed by atoms with Crippen molar-refractivity contribution in [3.05, 3.63) is 29.9 Å². The quantitative estimate of drug-likeness (QED) is 0.698. The van der Waals surface area contributed by atoms with E-state index < -0.39 is 0 Å². The molecule has 0 unspecified atom stereocenters. The molecule has 14 heavy (non-hydrogen) atoms. The average molecular weight is 193 g/mol. The molecule has 2 aromatic heterocycles. The van der Waals surface area contributed by atoms with Crippen LogP contribution < -0.4 is 5.32 Å². The molecule has 0 aliphatic rings. The molecule has 2 rings (SSSR count). The van der Waals surface area contributed by atoms with Gasteiger partial charge in [-0.2, -0.15) is 15.4 Å². The van der Waals surface area contributed by atoms with E-state index in [0.29, 0.717) is 12.2 Å². The van der Waals surface area contributed by atoms with Crippen LogP contribution in [0.25, 0.3) is 0 Å². The molecule has 0 fully saturated rings. The molecule has 2 N–H and O–H groups in total. The van der Waals surface area contributed by atoms with E-state index >= 15 is 0 Å². The summed E-state index contributed by atoms with van der Waals surface area (Å²) in [4.78, 5) is 11.3. The topological polar surface area (TPSA) is 96.7 Å². The fourth-order valence-electron chi connectivity index (χ4n) is 0.901. The van der Waals surface area contributed by atoms with Gasteiger partial charge in [0.25, 0.3) is 5.91 Å². The number of nitrogens with zero attached hydrogens (tertiary/aromatic N) is 3. The van der Waals surface area contributed by atoms with Crippen LogP contribution in [0.2, 0.25) is 0 Å². The van der Waals surface area contributed by atoms with E-state index in [-0.39, 0.29) is 11.6 Å². The number of aromatic nitrogens is 4. The van der Waals surface area contributed by atoms with Gasteiger partial charge in [-0.3, -0.25) is 4.79 Å². The van der Waals surface area contributed by atoms with Crippen molar-refractivity contribution >= 4 is 5.91 Å². The Bertz CT molecular complexity index is 394. The van der Waals surface area contributed by atoms with Crippen LogP contribution in [0.1, 0.15) is 16.2 Å². The van der Waals surface area contributed by atoms with Gasteiger partial charge in [-0.15, -0.1) is 0 Å². The van der Waals surface area contributed by atoms with Crippen LogP contribution in [-0.4, -0.2) is 26.5 Å². The lowest BCUT2D eigenvalue weighted by atomic mass is 10.4. The van der Waals surface area contributed by atoms with E-state index in [4.69, 9.17) is 0 Å². The van der Waals surface area contributed by atoms with E-state index in [1.807, 2.05) is 0 Å². The number of rotatable bonds is 3. The summed E-state index contributed by atoms with van der Waals surface area (Å²) in [7, 11) is 0. The minimum Gasteiger partial charge on any atom is -0.364 e. The summed E-state index contributed by atoms with van der Waals surface area (Å²) in [5.74, 6) is -0.304. The molecule has 0 aliphatic heterocycles. The van der Waals surface area contributed by atoms with E-state index in [1.54, 1.807) is 6.07 Å². The van der Waals surface area contributed by atoms with Crippen molar-refractivity contribution in [2.24, 2.45) is 0 Å². The molecule has 0 saturated carbocycles. The Labute approximate surface area is 78.5 Å². The summed E-state index contributed by atoms with van der Waals surface area (Å²) in [6, 6.07) is 1.67. The Balaban J connectivity index is 1.90. The normalized spacial score (nSPS) is 10.0. The van der Waals surface area contributed by atoms with E-state index in [9.17, 15) is 4.79 Å². The summed E-state index contributed by atoms with van der Waals surface area (Å²) in [6.45, 7) is 0.308. The number of carbonyl (C=O) groups is 1. The lowest BCUT2D eigenvalue weighted by molar-refractivity contribution is 0.0945. The predicted octanol–water partition coefficient (Wildman–Crippen LogP) is -0.277. The zero-order valence-electron chi connectivity index (χ0n) is 7.10. The molecule has 0 saturated heterocycles. The maximum Gasteiger partial charge on any atom is 0.273 e. The van der Waals surface area contributed by atoms with Crippen LogP contribution in [0.4, 0.5) is 0 Å². The number of amides is 1. The highest BCUT2D eigenvalue weighted by Crippen LogP contribution is 1.94. The van der Waals surface area contributed by atoms with Crippen molar-refractivity contribution in [2.45, 2.75) is 6.54 Å². The SMILES string of the molecule is O=C(NCc1ccon1)c1cn[nH]n1.